The van der Waals surface area contributed by atoms with Crippen molar-refractivity contribution in [2.24, 2.45) is 0 Å². The Morgan fingerprint density at radius 1 is 0.462 bits per heavy atom. The van der Waals surface area contributed by atoms with Crippen molar-refractivity contribution >= 4 is 43.6 Å². The minimum atomic E-state index is -4.65. The lowest BCUT2D eigenvalue weighted by atomic mass is 9.99. The number of nitriles is 1. The monoisotopic (exact) mass is 689 g/mol. The summed E-state index contributed by atoms with van der Waals surface area (Å²) in [5.41, 5.74) is 4.72. The van der Waals surface area contributed by atoms with Gasteiger partial charge in [-0.1, -0.05) is 66.7 Å². The van der Waals surface area contributed by atoms with Crippen molar-refractivity contribution in [3.05, 3.63) is 168 Å². The highest BCUT2D eigenvalue weighted by Gasteiger charge is 2.35. The maximum absolute atomic E-state index is 15.0. The summed E-state index contributed by atoms with van der Waals surface area (Å²) in [5, 5.41) is 13.0. The van der Waals surface area contributed by atoms with Crippen LogP contribution in [-0.2, 0) is 6.18 Å². The lowest BCUT2D eigenvalue weighted by Crippen LogP contribution is -2.11. The fraction of sp³-hybridized carbons (Fsp3) is 0.0227. The van der Waals surface area contributed by atoms with E-state index in [4.69, 9.17) is 0 Å². The van der Waals surface area contributed by atoms with E-state index in [0.717, 1.165) is 38.6 Å². The van der Waals surface area contributed by atoms with Gasteiger partial charge in [-0.15, -0.1) is 0 Å². The molecule has 8 heteroatoms. The van der Waals surface area contributed by atoms with E-state index < -0.39 is 23.4 Å². The van der Waals surface area contributed by atoms with Crippen LogP contribution in [0.5, 0.6) is 0 Å². The van der Waals surface area contributed by atoms with Gasteiger partial charge in [0.05, 0.1) is 50.6 Å². The van der Waals surface area contributed by atoms with E-state index >= 15 is 0 Å². The molecule has 0 saturated carbocycles. The SMILES string of the molecule is N#Cc1ccc(-n2c3ccccc3c3cc(-c4ccc(-n5c6ccccc6c6ccccc65)c(C(F)(F)F)c4)ccc32)c(-c2cc(F)cc(F)c2)c1. The standard InChI is InChI=1S/C44H24F5N3/c45-30-20-29(21-31(46)24-30)35-19-26(25-50)13-16-41(35)51-40-12-6-3-9-34(40)36-22-27(14-17-42(36)51)28-15-18-43(37(23-28)44(47,48)49)52-38-10-4-1-7-32(38)33-8-2-5-11-39(33)52/h1-24H. The Morgan fingerprint density at radius 3 is 1.56 bits per heavy atom. The van der Waals surface area contributed by atoms with Crippen molar-refractivity contribution in [1.29, 1.82) is 5.26 Å². The summed E-state index contributed by atoms with van der Waals surface area (Å²) < 4.78 is 77.5. The molecule has 52 heavy (non-hydrogen) atoms. The summed E-state index contributed by atoms with van der Waals surface area (Å²) in [5.74, 6) is -1.50. The van der Waals surface area contributed by atoms with Crippen molar-refractivity contribution in [3.63, 3.8) is 0 Å². The third-order valence-electron chi connectivity index (χ3n) is 9.67. The van der Waals surface area contributed by atoms with Crippen LogP contribution in [0.1, 0.15) is 11.1 Å². The quantitative estimate of drug-likeness (QED) is 0.169. The van der Waals surface area contributed by atoms with Crippen molar-refractivity contribution in [2.75, 3.05) is 0 Å². The molecule has 0 spiro atoms. The first-order valence-corrected chi connectivity index (χ1v) is 16.4. The molecule has 2 heterocycles. The van der Waals surface area contributed by atoms with E-state index in [9.17, 15) is 27.2 Å². The summed E-state index contributed by atoms with van der Waals surface area (Å²) in [7, 11) is 0. The number of para-hydroxylation sites is 3. The van der Waals surface area contributed by atoms with E-state index in [1.807, 2.05) is 89.5 Å². The number of aromatic nitrogens is 2. The lowest BCUT2D eigenvalue weighted by Gasteiger charge is -2.18. The van der Waals surface area contributed by atoms with Crippen LogP contribution >= 0.6 is 0 Å². The van der Waals surface area contributed by atoms with Crippen molar-refractivity contribution in [1.82, 2.24) is 9.13 Å². The first kappa shape index (κ1) is 31.3. The topological polar surface area (TPSA) is 33.6 Å². The number of hydrogen-bond donors (Lipinski definition) is 0. The molecule has 7 aromatic carbocycles. The van der Waals surface area contributed by atoms with Gasteiger partial charge in [0.25, 0.3) is 0 Å². The first-order chi connectivity index (χ1) is 25.2. The summed E-state index contributed by atoms with van der Waals surface area (Å²) in [6.07, 6.45) is -4.65. The highest BCUT2D eigenvalue weighted by molar-refractivity contribution is 6.11. The van der Waals surface area contributed by atoms with E-state index in [1.54, 1.807) is 34.9 Å². The molecule has 0 aliphatic heterocycles. The fourth-order valence-corrected chi connectivity index (χ4v) is 7.47. The Hall–Kier alpha value is -6.72. The molecule has 0 aliphatic rings. The van der Waals surface area contributed by atoms with Crippen molar-refractivity contribution < 1.29 is 22.0 Å². The van der Waals surface area contributed by atoms with Crippen LogP contribution in [0.2, 0.25) is 0 Å². The molecule has 2 aromatic heterocycles. The molecule has 0 saturated heterocycles. The van der Waals surface area contributed by atoms with Gasteiger partial charge in [0.1, 0.15) is 11.6 Å². The van der Waals surface area contributed by atoms with Crippen molar-refractivity contribution in [3.8, 4) is 39.7 Å². The number of hydrogen-bond acceptors (Lipinski definition) is 1. The molecule has 0 fully saturated rings. The van der Waals surface area contributed by atoms with Crippen LogP contribution < -0.4 is 0 Å². The Balaban J connectivity index is 1.25. The zero-order valence-electron chi connectivity index (χ0n) is 27.1. The molecule has 0 unspecified atom stereocenters. The van der Waals surface area contributed by atoms with Crippen LogP contribution in [0, 0.1) is 23.0 Å². The second kappa shape index (κ2) is 11.7. The number of halogens is 5. The van der Waals surface area contributed by atoms with Gasteiger partial charge in [0, 0.05) is 33.2 Å². The molecular weight excluding hydrogens is 665 g/mol. The second-order valence-corrected chi connectivity index (χ2v) is 12.7. The van der Waals surface area contributed by atoms with Gasteiger partial charge in [-0.3, -0.25) is 0 Å². The van der Waals surface area contributed by atoms with Crippen LogP contribution in [-0.4, -0.2) is 9.13 Å². The Kier molecular flexibility index (Phi) is 7.02. The third-order valence-corrected chi connectivity index (χ3v) is 9.67. The highest BCUT2D eigenvalue weighted by atomic mass is 19.4. The normalized spacial score (nSPS) is 11.9. The smallest absolute Gasteiger partial charge is 0.309 e. The maximum atomic E-state index is 15.0. The first-order valence-electron chi connectivity index (χ1n) is 16.4. The highest BCUT2D eigenvalue weighted by Crippen LogP contribution is 2.42. The molecule has 0 aliphatic carbocycles. The molecule has 9 aromatic rings. The van der Waals surface area contributed by atoms with E-state index in [0.29, 0.717) is 39.0 Å². The van der Waals surface area contributed by atoms with Crippen LogP contribution in [0.4, 0.5) is 22.0 Å². The number of nitrogens with zero attached hydrogens (tertiary/aromatic N) is 3. The predicted octanol–water partition coefficient (Wildman–Crippen LogP) is 12.4. The maximum Gasteiger partial charge on any atom is 0.418 e. The molecule has 0 amide bonds. The predicted molar refractivity (Wildman–Crippen MR) is 196 cm³/mol. The fourth-order valence-electron chi connectivity index (χ4n) is 7.47. The Labute approximate surface area is 293 Å². The van der Waals surface area contributed by atoms with Gasteiger partial charge in [-0.25, -0.2) is 8.78 Å². The largest absolute Gasteiger partial charge is 0.418 e. The zero-order valence-corrected chi connectivity index (χ0v) is 27.1. The van der Waals surface area contributed by atoms with E-state index in [1.165, 1.54) is 24.3 Å². The van der Waals surface area contributed by atoms with E-state index in [-0.39, 0.29) is 11.3 Å². The summed E-state index contributed by atoms with van der Waals surface area (Å²) in [6.45, 7) is 0. The molecule has 250 valence electrons. The molecule has 3 nitrogen and oxygen atoms in total. The molecule has 0 N–H and O–H groups in total. The molecule has 0 bridgehead atoms. The average Bonchev–Trinajstić information content (AvgIpc) is 3.66. The van der Waals surface area contributed by atoms with Gasteiger partial charge in [-0.05, 0) is 89.5 Å². The summed E-state index contributed by atoms with van der Waals surface area (Å²) in [4.78, 5) is 0. The molecular formula is C44H24F5N3. The molecule has 0 radical (unpaired) electrons. The second-order valence-electron chi connectivity index (χ2n) is 12.7. The van der Waals surface area contributed by atoms with Gasteiger partial charge in [0.15, 0.2) is 0 Å². The van der Waals surface area contributed by atoms with Crippen molar-refractivity contribution in [2.45, 2.75) is 6.18 Å². The Morgan fingerprint density at radius 2 is 0.962 bits per heavy atom. The van der Waals surface area contributed by atoms with Gasteiger partial charge >= 0.3 is 6.18 Å². The summed E-state index contributed by atoms with van der Waals surface area (Å²) in [6, 6.07) is 42.7. The Bertz CT molecular complexity index is 2870. The number of fused-ring (bicyclic) bond motifs is 6. The van der Waals surface area contributed by atoms with E-state index in [2.05, 4.69) is 6.07 Å². The average molecular weight is 690 g/mol. The van der Waals surface area contributed by atoms with Crippen LogP contribution in [0.25, 0.3) is 77.2 Å². The number of rotatable bonds is 4. The number of alkyl halides is 3. The van der Waals surface area contributed by atoms with Gasteiger partial charge in [0.2, 0.25) is 0 Å². The minimum Gasteiger partial charge on any atom is -0.309 e. The third kappa shape index (κ3) is 4.93. The zero-order chi connectivity index (χ0) is 35.7. The molecule has 0 atom stereocenters. The summed E-state index contributed by atoms with van der Waals surface area (Å²) >= 11 is 0. The van der Waals surface area contributed by atoms with Crippen LogP contribution in [0.15, 0.2) is 146 Å². The minimum absolute atomic E-state index is 0.0356. The van der Waals surface area contributed by atoms with Gasteiger partial charge < -0.3 is 9.13 Å². The van der Waals surface area contributed by atoms with Crippen LogP contribution in [0.3, 0.4) is 0 Å². The number of benzene rings is 7. The lowest BCUT2D eigenvalue weighted by molar-refractivity contribution is -0.137. The van der Waals surface area contributed by atoms with Gasteiger partial charge in [-0.2, -0.15) is 18.4 Å². The molecule has 9 rings (SSSR count).